The van der Waals surface area contributed by atoms with Crippen molar-refractivity contribution >= 4 is 17.8 Å². The summed E-state index contributed by atoms with van der Waals surface area (Å²) in [6.45, 7) is 6.79. The van der Waals surface area contributed by atoms with E-state index in [1.165, 1.54) is 0 Å². The maximum atomic E-state index is 4.43. The largest absolute Gasteiger partial charge is 0.354 e. The van der Waals surface area contributed by atoms with Crippen LogP contribution in [-0.4, -0.2) is 78.7 Å². The molecular weight excluding hydrogens is 256 g/mol. The number of anilines is 3. The molecule has 112 valence electrons. The van der Waals surface area contributed by atoms with Gasteiger partial charge in [0, 0.05) is 46.8 Å². The molecule has 0 amide bonds. The van der Waals surface area contributed by atoms with Gasteiger partial charge in [-0.25, -0.2) is 5.01 Å². The molecule has 1 saturated heterocycles. The van der Waals surface area contributed by atoms with E-state index >= 15 is 0 Å². The molecule has 0 bridgehead atoms. The van der Waals surface area contributed by atoms with Crippen LogP contribution in [-0.2, 0) is 0 Å². The van der Waals surface area contributed by atoms with E-state index in [-0.39, 0.29) is 0 Å². The van der Waals surface area contributed by atoms with Crippen molar-refractivity contribution in [2.45, 2.75) is 6.92 Å². The van der Waals surface area contributed by atoms with Crippen LogP contribution < -0.4 is 15.6 Å². The Morgan fingerprint density at radius 2 is 1.70 bits per heavy atom. The van der Waals surface area contributed by atoms with Gasteiger partial charge in [0.2, 0.25) is 17.8 Å². The SMILES string of the molecule is CCNc1nc(NN2CCN(C)CC2)nc(N(C)C)n1. The second-order valence-corrected chi connectivity index (χ2v) is 5.11. The molecule has 1 aliphatic heterocycles. The lowest BCUT2D eigenvalue weighted by Crippen LogP contribution is -2.47. The number of nitrogens with zero attached hydrogens (tertiary/aromatic N) is 6. The summed E-state index contributed by atoms with van der Waals surface area (Å²) in [6.07, 6.45) is 0. The quantitative estimate of drug-likeness (QED) is 0.777. The first kappa shape index (κ1) is 14.7. The molecule has 1 fully saturated rings. The molecule has 1 aromatic rings. The summed E-state index contributed by atoms with van der Waals surface area (Å²) in [7, 11) is 5.98. The molecule has 2 N–H and O–H groups in total. The summed E-state index contributed by atoms with van der Waals surface area (Å²) < 4.78 is 0. The lowest BCUT2D eigenvalue weighted by molar-refractivity contribution is 0.178. The Morgan fingerprint density at radius 3 is 2.30 bits per heavy atom. The number of hydrogen-bond donors (Lipinski definition) is 2. The van der Waals surface area contributed by atoms with Gasteiger partial charge in [-0.1, -0.05) is 0 Å². The average molecular weight is 280 g/mol. The molecule has 0 spiro atoms. The van der Waals surface area contributed by atoms with Crippen LogP contribution in [0, 0.1) is 0 Å². The fourth-order valence-electron chi connectivity index (χ4n) is 1.91. The lowest BCUT2D eigenvalue weighted by atomic mass is 10.4. The van der Waals surface area contributed by atoms with Gasteiger partial charge in [-0.15, -0.1) is 0 Å². The minimum atomic E-state index is 0.587. The van der Waals surface area contributed by atoms with E-state index in [0.29, 0.717) is 17.8 Å². The van der Waals surface area contributed by atoms with Crippen molar-refractivity contribution in [3.63, 3.8) is 0 Å². The van der Waals surface area contributed by atoms with E-state index < -0.39 is 0 Å². The molecule has 0 saturated carbocycles. The highest BCUT2D eigenvalue weighted by Gasteiger charge is 2.15. The van der Waals surface area contributed by atoms with Gasteiger partial charge in [-0.2, -0.15) is 15.0 Å². The van der Waals surface area contributed by atoms with Crippen LogP contribution in [0.3, 0.4) is 0 Å². The molecule has 0 aromatic carbocycles. The number of hydrogen-bond acceptors (Lipinski definition) is 8. The highest BCUT2D eigenvalue weighted by Crippen LogP contribution is 2.12. The van der Waals surface area contributed by atoms with Crippen molar-refractivity contribution in [3.05, 3.63) is 0 Å². The van der Waals surface area contributed by atoms with Gasteiger partial charge < -0.3 is 15.1 Å². The standard InChI is InChI=1S/C12H24N8/c1-5-13-10-14-11(16-12(15-10)18(2)3)17-20-8-6-19(4)7-9-20/h5-9H2,1-4H3,(H2,13,14,15,16,17). The van der Waals surface area contributed by atoms with E-state index in [2.05, 4.69) is 42.7 Å². The molecule has 8 nitrogen and oxygen atoms in total. The van der Waals surface area contributed by atoms with Gasteiger partial charge in [0.05, 0.1) is 0 Å². The molecule has 0 radical (unpaired) electrons. The third-order valence-corrected chi connectivity index (χ3v) is 3.12. The Morgan fingerprint density at radius 1 is 1.05 bits per heavy atom. The fourth-order valence-corrected chi connectivity index (χ4v) is 1.91. The number of rotatable bonds is 5. The van der Waals surface area contributed by atoms with E-state index in [1.807, 2.05) is 25.9 Å². The van der Waals surface area contributed by atoms with Gasteiger partial charge >= 0.3 is 0 Å². The van der Waals surface area contributed by atoms with E-state index in [0.717, 1.165) is 32.7 Å². The average Bonchev–Trinajstić information content (AvgIpc) is 2.41. The lowest BCUT2D eigenvalue weighted by Gasteiger charge is -2.32. The summed E-state index contributed by atoms with van der Waals surface area (Å²) in [5.41, 5.74) is 3.27. The van der Waals surface area contributed by atoms with Crippen molar-refractivity contribution in [2.75, 3.05) is 69.5 Å². The molecule has 8 heteroatoms. The second kappa shape index (κ2) is 6.67. The maximum absolute atomic E-state index is 4.43. The van der Waals surface area contributed by atoms with E-state index in [9.17, 15) is 0 Å². The van der Waals surface area contributed by atoms with Gasteiger partial charge in [-0.3, -0.25) is 5.43 Å². The van der Waals surface area contributed by atoms with Crippen molar-refractivity contribution in [2.24, 2.45) is 0 Å². The van der Waals surface area contributed by atoms with Crippen LogP contribution in [0.1, 0.15) is 6.92 Å². The number of nitrogens with one attached hydrogen (secondary N) is 2. The number of aromatic nitrogens is 3. The normalized spacial score (nSPS) is 17.0. The smallest absolute Gasteiger partial charge is 0.244 e. The summed E-state index contributed by atoms with van der Waals surface area (Å²) in [5.74, 6) is 1.83. The van der Waals surface area contributed by atoms with Crippen LogP contribution in [0.15, 0.2) is 0 Å². The monoisotopic (exact) mass is 280 g/mol. The number of hydrazine groups is 1. The van der Waals surface area contributed by atoms with Crippen molar-refractivity contribution < 1.29 is 0 Å². The zero-order valence-corrected chi connectivity index (χ0v) is 12.7. The van der Waals surface area contributed by atoms with Crippen molar-refractivity contribution in [3.8, 4) is 0 Å². The van der Waals surface area contributed by atoms with Gasteiger partial charge in [-0.05, 0) is 14.0 Å². The zero-order chi connectivity index (χ0) is 14.5. The third-order valence-electron chi connectivity index (χ3n) is 3.12. The first-order valence-corrected chi connectivity index (χ1v) is 6.96. The Bertz CT molecular complexity index is 427. The molecule has 1 aliphatic rings. The second-order valence-electron chi connectivity index (χ2n) is 5.11. The number of likely N-dealkylation sites (N-methyl/N-ethyl adjacent to an activating group) is 1. The topological polar surface area (TPSA) is 72.5 Å². The fraction of sp³-hybridized carbons (Fsp3) is 0.750. The van der Waals surface area contributed by atoms with Gasteiger partial charge in [0.25, 0.3) is 0 Å². The molecule has 1 aromatic heterocycles. The molecule has 0 atom stereocenters. The molecule has 2 rings (SSSR count). The minimum absolute atomic E-state index is 0.587. The summed E-state index contributed by atoms with van der Waals surface area (Å²) in [4.78, 5) is 17.4. The summed E-state index contributed by atoms with van der Waals surface area (Å²) in [6, 6.07) is 0. The molecule has 0 aliphatic carbocycles. The highest BCUT2D eigenvalue weighted by molar-refractivity contribution is 5.42. The van der Waals surface area contributed by atoms with Gasteiger partial charge in [0.1, 0.15) is 0 Å². The molecule has 0 unspecified atom stereocenters. The van der Waals surface area contributed by atoms with Crippen LogP contribution in [0.2, 0.25) is 0 Å². The Balaban J connectivity index is 2.09. The molecular formula is C12H24N8. The molecule has 20 heavy (non-hydrogen) atoms. The first-order valence-electron chi connectivity index (χ1n) is 6.96. The van der Waals surface area contributed by atoms with Crippen LogP contribution >= 0.6 is 0 Å². The predicted molar refractivity (Wildman–Crippen MR) is 81.0 cm³/mol. The van der Waals surface area contributed by atoms with Crippen LogP contribution in [0.5, 0.6) is 0 Å². The Labute approximate surface area is 120 Å². The van der Waals surface area contributed by atoms with Crippen LogP contribution in [0.4, 0.5) is 17.8 Å². The highest BCUT2D eigenvalue weighted by atomic mass is 15.6. The van der Waals surface area contributed by atoms with E-state index in [4.69, 9.17) is 0 Å². The van der Waals surface area contributed by atoms with Crippen molar-refractivity contribution in [1.82, 2.24) is 24.9 Å². The Hall–Kier alpha value is -1.67. The van der Waals surface area contributed by atoms with Crippen LogP contribution in [0.25, 0.3) is 0 Å². The number of piperazine rings is 1. The minimum Gasteiger partial charge on any atom is -0.354 e. The molecule has 2 heterocycles. The Kier molecular flexibility index (Phi) is 4.91. The summed E-state index contributed by atoms with van der Waals surface area (Å²) >= 11 is 0. The maximum Gasteiger partial charge on any atom is 0.244 e. The summed E-state index contributed by atoms with van der Waals surface area (Å²) in [5, 5.41) is 5.28. The third kappa shape index (κ3) is 3.91. The zero-order valence-electron chi connectivity index (χ0n) is 12.7. The first-order chi connectivity index (χ1) is 9.58. The predicted octanol–water partition coefficient (Wildman–Crippen LogP) is -0.0563. The van der Waals surface area contributed by atoms with Crippen molar-refractivity contribution in [1.29, 1.82) is 0 Å². The van der Waals surface area contributed by atoms with E-state index in [1.54, 1.807) is 0 Å². The van der Waals surface area contributed by atoms with Gasteiger partial charge in [0.15, 0.2) is 0 Å².